The van der Waals surface area contributed by atoms with Crippen LogP contribution in [0.3, 0.4) is 0 Å². The molecule has 1 saturated heterocycles. The van der Waals surface area contributed by atoms with Crippen LogP contribution in [0.4, 0.5) is 0 Å². The third-order valence-corrected chi connectivity index (χ3v) is 3.72. The average Bonchev–Trinajstić information content (AvgIpc) is 2.96. The minimum Gasteiger partial charge on any atom is -0.497 e. The van der Waals surface area contributed by atoms with Gasteiger partial charge in [0.1, 0.15) is 11.5 Å². The standard InChI is InChI=1S/C16H21N3O2/c1-20-14-5-7-15(8-6-14)21-16-10-18-19(12-16)11-13-4-2-3-9-17-13/h5-8,10,12-13,17H,2-4,9,11H2,1H3. The summed E-state index contributed by atoms with van der Waals surface area (Å²) in [6, 6.07) is 8.06. The number of nitrogens with zero attached hydrogens (tertiary/aromatic N) is 2. The number of ether oxygens (including phenoxy) is 2. The Bertz CT molecular complexity index is 559. The fourth-order valence-electron chi connectivity index (χ4n) is 2.58. The van der Waals surface area contributed by atoms with Crippen LogP contribution in [-0.4, -0.2) is 29.5 Å². The number of piperidine rings is 1. The van der Waals surface area contributed by atoms with E-state index in [4.69, 9.17) is 9.47 Å². The predicted molar refractivity (Wildman–Crippen MR) is 80.9 cm³/mol. The Morgan fingerprint density at radius 1 is 1.19 bits per heavy atom. The average molecular weight is 287 g/mol. The van der Waals surface area contributed by atoms with Crippen molar-refractivity contribution in [2.24, 2.45) is 0 Å². The zero-order valence-electron chi connectivity index (χ0n) is 12.3. The fraction of sp³-hybridized carbons (Fsp3) is 0.438. The van der Waals surface area contributed by atoms with Gasteiger partial charge in [0.25, 0.3) is 0 Å². The van der Waals surface area contributed by atoms with E-state index in [9.17, 15) is 0 Å². The number of hydrogen-bond acceptors (Lipinski definition) is 4. The molecule has 2 aromatic rings. The fourth-order valence-corrected chi connectivity index (χ4v) is 2.58. The number of methoxy groups -OCH3 is 1. The number of rotatable bonds is 5. The lowest BCUT2D eigenvalue weighted by Crippen LogP contribution is -2.37. The second kappa shape index (κ2) is 6.63. The monoisotopic (exact) mass is 287 g/mol. The van der Waals surface area contributed by atoms with Crippen LogP contribution in [0.5, 0.6) is 17.2 Å². The first-order valence-electron chi connectivity index (χ1n) is 7.41. The Morgan fingerprint density at radius 3 is 2.71 bits per heavy atom. The van der Waals surface area contributed by atoms with Gasteiger partial charge in [-0.2, -0.15) is 5.10 Å². The first-order chi connectivity index (χ1) is 10.3. The second-order valence-electron chi connectivity index (χ2n) is 5.32. The van der Waals surface area contributed by atoms with Gasteiger partial charge in [-0.3, -0.25) is 4.68 Å². The molecule has 1 unspecified atom stereocenters. The molecule has 1 atom stereocenters. The molecule has 0 radical (unpaired) electrons. The highest BCUT2D eigenvalue weighted by Gasteiger charge is 2.13. The molecule has 0 amide bonds. The van der Waals surface area contributed by atoms with Gasteiger partial charge < -0.3 is 14.8 Å². The Kier molecular flexibility index (Phi) is 4.40. The van der Waals surface area contributed by atoms with E-state index >= 15 is 0 Å². The maximum atomic E-state index is 5.79. The van der Waals surface area contributed by atoms with Crippen molar-refractivity contribution < 1.29 is 9.47 Å². The van der Waals surface area contributed by atoms with Crippen molar-refractivity contribution in [2.45, 2.75) is 31.8 Å². The van der Waals surface area contributed by atoms with Gasteiger partial charge in [-0.15, -0.1) is 0 Å². The Hall–Kier alpha value is -2.01. The highest BCUT2D eigenvalue weighted by atomic mass is 16.5. The molecule has 3 rings (SSSR count). The van der Waals surface area contributed by atoms with E-state index < -0.39 is 0 Å². The molecular weight excluding hydrogens is 266 g/mol. The van der Waals surface area contributed by atoms with Gasteiger partial charge in [-0.05, 0) is 43.7 Å². The number of nitrogens with one attached hydrogen (secondary N) is 1. The first kappa shape index (κ1) is 13.9. The molecule has 21 heavy (non-hydrogen) atoms. The van der Waals surface area contributed by atoms with Crippen LogP contribution in [0.15, 0.2) is 36.7 Å². The lowest BCUT2D eigenvalue weighted by Gasteiger charge is -2.23. The van der Waals surface area contributed by atoms with Gasteiger partial charge in [-0.1, -0.05) is 6.42 Å². The van der Waals surface area contributed by atoms with Gasteiger partial charge in [0.2, 0.25) is 0 Å². The first-order valence-corrected chi connectivity index (χ1v) is 7.41. The summed E-state index contributed by atoms with van der Waals surface area (Å²) in [4.78, 5) is 0. The lowest BCUT2D eigenvalue weighted by molar-refractivity contribution is 0.350. The van der Waals surface area contributed by atoms with Crippen LogP contribution >= 0.6 is 0 Å². The third-order valence-electron chi connectivity index (χ3n) is 3.72. The molecule has 0 spiro atoms. The summed E-state index contributed by atoms with van der Waals surface area (Å²) in [6.07, 6.45) is 7.50. The lowest BCUT2D eigenvalue weighted by atomic mass is 10.1. The molecule has 1 N–H and O–H groups in total. The van der Waals surface area contributed by atoms with Crippen molar-refractivity contribution in [3.8, 4) is 17.2 Å². The van der Waals surface area contributed by atoms with E-state index in [1.165, 1.54) is 19.3 Å². The molecule has 0 aliphatic carbocycles. The summed E-state index contributed by atoms with van der Waals surface area (Å²) in [7, 11) is 1.65. The van der Waals surface area contributed by atoms with E-state index in [1.807, 2.05) is 35.1 Å². The zero-order chi connectivity index (χ0) is 14.5. The van der Waals surface area contributed by atoms with Crippen molar-refractivity contribution in [2.75, 3.05) is 13.7 Å². The SMILES string of the molecule is COc1ccc(Oc2cnn(CC3CCCCN3)c2)cc1. The van der Waals surface area contributed by atoms with Crippen molar-refractivity contribution in [1.29, 1.82) is 0 Å². The van der Waals surface area contributed by atoms with Crippen LogP contribution in [0.25, 0.3) is 0 Å². The van der Waals surface area contributed by atoms with Crippen molar-refractivity contribution in [3.63, 3.8) is 0 Å². The molecule has 112 valence electrons. The van der Waals surface area contributed by atoms with Gasteiger partial charge in [0, 0.05) is 6.04 Å². The molecule has 5 nitrogen and oxygen atoms in total. The highest BCUT2D eigenvalue weighted by molar-refractivity contribution is 5.34. The van der Waals surface area contributed by atoms with Crippen molar-refractivity contribution in [3.05, 3.63) is 36.7 Å². The molecule has 2 heterocycles. The van der Waals surface area contributed by atoms with Crippen LogP contribution in [0.2, 0.25) is 0 Å². The molecule has 1 aliphatic heterocycles. The maximum absolute atomic E-state index is 5.79. The number of benzene rings is 1. The van der Waals surface area contributed by atoms with Crippen LogP contribution < -0.4 is 14.8 Å². The smallest absolute Gasteiger partial charge is 0.165 e. The van der Waals surface area contributed by atoms with Gasteiger partial charge in [0.15, 0.2) is 5.75 Å². The van der Waals surface area contributed by atoms with Gasteiger partial charge in [0.05, 0.1) is 26.0 Å². The minimum atomic E-state index is 0.521. The Labute approximate surface area is 124 Å². The molecule has 1 aromatic carbocycles. The largest absolute Gasteiger partial charge is 0.497 e. The van der Waals surface area contributed by atoms with Crippen molar-refractivity contribution in [1.82, 2.24) is 15.1 Å². The molecular formula is C16H21N3O2. The maximum Gasteiger partial charge on any atom is 0.165 e. The van der Waals surface area contributed by atoms with Crippen LogP contribution in [0.1, 0.15) is 19.3 Å². The molecule has 0 bridgehead atoms. The summed E-state index contributed by atoms with van der Waals surface area (Å²) < 4.78 is 12.9. The molecule has 0 saturated carbocycles. The quantitative estimate of drug-likeness (QED) is 0.918. The number of hydrogen-bond donors (Lipinski definition) is 1. The summed E-state index contributed by atoms with van der Waals surface area (Å²) >= 11 is 0. The van der Waals surface area contributed by atoms with E-state index in [2.05, 4.69) is 10.4 Å². The van der Waals surface area contributed by atoms with E-state index in [0.717, 1.165) is 30.3 Å². The summed E-state index contributed by atoms with van der Waals surface area (Å²) in [5.74, 6) is 2.36. The molecule has 1 aromatic heterocycles. The number of aromatic nitrogens is 2. The second-order valence-corrected chi connectivity index (χ2v) is 5.32. The van der Waals surface area contributed by atoms with Crippen molar-refractivity contribution >= 4 is 0 Å². The Morgan fingerprint density at radius 2 is 2.00 bits per heavy atom. The summed E-state index contributed by atoms with van der Waals surface area (Å²) in [5.41, 5.74) is 0. The van der Waals surface area contributed by atoms with Gasteiger partial charge in [-0.25, -0.2) is 0 Å². The van der Waals surface area contributed by atoms with Gasteiger partial charge >= 0.3 is 0 Å². The van der Waals surface area contributed by atoms with E-state index in [1.54, 1.807) is 13.3 Å². The predicted octanol–water partition coefficient (Wildman–Crippen LogP) is 2.83. The third kappa shape index (κ3) is 3.76. The zero-order valence-corrected chi connectivity index (χ0v) is 12.3. The minimum absolute atomic E-state index is 0.521. The highest BCUT2D eigenvalue weighted by Crippen LogP contribution is 2.23. The molecule has 1 fully saturated rings. The van der Waals surface area contributed by atoms with E-state index in [0.29, 0.717) is 6.04 Å². The van der Waals surface area contributed by atoms with Crippen LogP contribution in [0, 0.1) is 0 Å². The van der Waals surface area contributed by atoms with Crippen LogP contribution in [-0.2, 0) is 6.54 Å². The molecule has 5 heteroatoms. The topological polar surface area (TPSA) is 48.3 Å². The Balaban J connectivity index is 1.58. The molecule has 1 aliphatic rings. The summed E-state index contributed by atoms with van der Waals surface area (Å²) in [6.45, 7) is 2.01. The normalized spacial score (nSPS) is 18.4. The van der Waals surface area contributed by atoms with E-state index in [-0.39, 0.29) is 0 Å². The summed E-state index contributed by atoms with van der Waals surface area (Å²) in [5, 5.41) is 7.89.